The Hall–Kier alpha value is -1.58. The Morgan fingerprint density at radius 2 is 1.50 bits per heavy atom. The first kappa shape index (κ1) is 16.4. The topological polar surface area (TPSA) is 52.6 Å². The summed E-state index contributed by atoms with van der Waals surface area (Å²) in [6.07, 6.45) is 3.24. The van der Waals surface area contributed by atoms with Crippen molar-refractivity contribution in [1.29, 1.82) is 0 Å². The van der Waals surface area contributed by atoms with E-state index in [1.807, 2.05) is 6.92 Å². The second-order valence-electron chi connectivity index (χ2n) is 4.99. The van der Waals surface area contributed by atoms with Gasteiger partial charge in [0, 0.05) is 18.6 Å². The molecule has 0 saturated carbocycles. The minimum atomic E-state index is -0.739. The Labute approximate surface area is 109 Å². The van der Waals surface area contributed by atoms with Crippen LogP contribution in [-0.4, -0.2) is 23.1 Å². The van der Waals surface area contributed by atoms with Crippen molar-refractivity contribution in [2.75, 3.05) is 0 Å². The Kier molecular flexibility index (Phi) is 5.82. The van der Waals surface area contributed by atoms with E-state index in [0.29, 0.717) is 12.8 Å². The van der Waals surface area contributed by atoms with Crippen molar-refractivity contribution in [3.63, 3.8) is 0 Å². The zero-order valence-corrected chi connectivity index (χ0v) is 11.6. The lowest BCUT2D eigenvalue weighted by Crippen LogP contribution is -2.41. The van der Waals surface area contributed by atoms with Gasteiger partial charge >= 0.3 is 11.9 Å². The molecule has 1 atom stereocenters. The fraction of sp³-hybridized carbons (Fsp3) is 0.571. The zero-order valence-electron chi connectivity index (χ0n) is 11.6. The van der Waals surface area contributed by atoms with Gasteiger partial charge in [0.05, 0.1) is 0 Å². The Morgan fingerprint density at radius 1 is 1.06 bits per heavy atom. The van der Waals surface area contributed by atoms with Gasteiger partial charge in [0.2, 0.25) is 0 Å². The van der Waals surface area contributed by atoms with Crippen LogP contribution in [0.2, 0.25) is 0 Å². The van der Waals surface area contributed by atoms with Gasteiger partial charge in [-0.3, -0.25) is 0 Å². The van der Waals surface area contributed by atoms with E-state index in [-0.39, 0.29) is 0 Å². The highest BCUT2D eigenvalue weighted by molar-refractivity contribution is 5.82. The lowest BCUT2D eigenvalue weighted by molar-refractivity contribution is -0.166. The second kappa shape index (κ2) is 6.38. The number of hydrogen-bond donors (Lipinski definition) is 0. The van der Waals surface area contributed by atoms with E-state index in [2.05, 4.69) is 13.2 Å². The van der Waals surface area contributed by atoms with Crippen LogP contribution in [0.4, 0.5) is 0 Å². The average Bonchev–Trinajstić information content (AvgIpc) is 2.27. The molecular weight excluding hydrogens is 232 g/mol. The first-order valence-corrected chi connectivity index (χ1v) is 5.89. The van der Waals surface area contributed by atoms with Crippen LogP contribution < -0.4 is 0 Å². The third-order valence-electron chi connectivity index (χ3n) is 2.60. The van der Waals surface area contributed by atoms with Crippen LogP contribution in [0.25, 0.3) is 0 Å². The van der Waals surface area contributed by atoms with Crippen LogP contribution in [0, 0.1) is 0 Å². The summed E-state index contributed by atoms with van der Waals surface area (Å²) in [4.78, 5) is 22.5. The molecule has 0 rings (SSSR count). The van der Waals surface area contributed by atoms with Gasteiger partial charge in [0.25, 0.3) is 0 Å². The van der Waals surface area contributed by atoms with Crippen molar-refractivity contribution in [2.24, 2.45) is 0 Å². The molecule has 0 aromatic carbocycles. The predicted octanol–water partition coefficient (Wildman–Crippen LogP) is 2.78. The van der Waals surface area contributed by atoms with Crippen LogP contribution in [0.1, 0.15) is 40.5 Å². The van der Waals surface area contributed by atoms with E-state index < -0.39 is 23.1 Å². The van der Waals surface area contributed by atoms with Crippen LogP contribution in [0.15, 0.2) is 25.3 Å². The fourth-order valence-corrected chi connectivity index (χ4v) is 1.77. The van der Waals surface area contributed by atoms with Gasteiger partial charge in [-0.15, -0.1) is 0 Å². The lowest BCUT2D eigenvalue weighted by Gasteiger charge is -2.35. The number of carbonyl (C=O) groups is 2. The summed E-state index contributed by atoms with van der Waals surface area (Å²) in [6, 6.07) is 0. The molecule has 0 aromatic rings. The number of carbonyl (C=O) groups excluding carboxylic acids is 2. The average molecular weight is 254 g/mol. The lowest BCUT2D eigenvalue weighted by atomic mass is 9.88. The molecular formula is C14H22O4. The third-order valence-corrected chi connectivity index (χ3v) is 2.60. The van der Waals surface area contributed by atoms with Crippen molar-refractivity contribution in [1.82, 2.24) is 0 Å². The van der Waals surface area contributed by atoms with E-state index in [1.54, 1.807) is 20.8 Å². The Balaban J connectivity index is 4.77. The van der Waals surface area contributed by atoms with E-state index in [1.165, 1.54) is 0 Å². The largest absolute Gasteiger partial charge is 0.456 e. The highest BCUT2D eigenvalue weighted by atomic mass is 16.6. The van der Waals surface area contributed by atoms with Gasteiger partial charge in [-0.1, -0.05) is 20.1 Å². The summed E-state index contributed by atoms with van der Waals surface area (Å²) in [5.41, 5.74) is -1.44. The SMILES string of the molecule is C=CC(=O)OC(C)(C)CC(C)(CC)OC(=O)C=C. The molecule has 0 bridgehead atoms. The maximum atomic E-state index is 11.3. The first-order valence-electron chi connectivity index (χ1n) is 5.89. The van der Waals surface area contributed by atoms with Crippen molar-refractivity contribution < 1.29 is 19.1 Å². The molecule has 0 amide bonds. The van der Waals surface area contributed by atoms with Gasteiger partial charge in [0.15, 0.2) is 0 Å². The normalized spacial score (nSPS) is 14.2. The monoisotopic (exact) mass is 254 g/mol. The molecule has 0 N–H and O–H groups in total. The summed E-state index contributed by atoms with van der Waals surface area (Å²) >= 11 is 0. The molecule has 0 spiro atoms. The molecule has 0 radical (unpaired) electrons. The number of ether oxygens (including phenoxy) is 2. The van der Waals surface area contributed by atoms with E-state index in [9.17, 15) is 9.59 Å². The standard InChI is InChI=1S/C14H22O4/c1-7-11(15)17-13(4,5)10-14(6,9-3)18-12(16)8-2/h7-8H,1-2,9-10H2,3-6H3. The summed E-state index contributed by atoms with van der Waals surface area (Å²) in [5, 5.41) is 0. The molecule has 0 aromatic heterocycles. The first-order chi connectivity index (χ1) is 8.18. The van der Waals surface area contributed by atoms with Gasteiger partial charge in [-0.2, -0.15) is 0 Å². The smallest absolute Gasteiger partial charge is 0.330 e. The van der Waals surface area contributed by atoms with Crippen LogP contribution in [0.3, 0.4) is 0 Å². The third kappa shape index (κ3) is 5.66. The predicted molar refractivity (Wildman–Crippen MR) is 70.0 cm³/mol. The summed E-state index contributed by atoms with van der Waals surface area (Å²) < 4.78 is 10.5. The van der Waals surface area contributed by atoms with Crippen molar-refractivity contribution in [2.45, 2.75) is 51.7 Å². The quantitative estimate of drug-likeness (QED) is 0.518. The zero-order chi connectivity index (χ0) is 14.4. The maximum absolute atomic E-state index is 11.3. The van der Waals surface area contributed by atoms with E-state index in [0.717, 1.165) is 12.2 Å². The molecule has 0 aliphatic rings. The second-order valence-corrected chi connectivity index (χ2v) is 4.99. The van der Waals surface area contributed by atoms with Gasteiger partial charge in [-0.05, 0) is 27.2 Å². The molecule has 0 fully saturated rings. The molecule has 0 heterocycles. The summed E-state index contributed by atoms with van der Waals surface area (Å²) in [7, 11) is 0. The van der Waals surface area contributed by atoms with Crippen LogP contribution >= 0.6 is 0 Å². The molecule has 4 heteroatoms. The van der Waals surface area contributed by atoms with Gasteiger partial charge in [0.1, 0.15) is 11.2 Å². The number of rotatable bonds is 7. The molecule has 0 aliphatic carbocycles. The Bertz CT molecular complexity index is 344. The van der Waals surface area contributed by atoms with Crippen LogP contribution in [0.5, 0.6) is 0 Å². The summed E-state index contributed by atoms with van der Waals surface area (Å²) in [6.45, 7) is 14.0. The van der Waals surface area contributed by atoms with E-state index in [4.69, 9.17) is 9.47 Å². The Morgan fingerprint density at radius 3 is 1.89 bits per heavy atom. The highest BCUT2D eigenvalue weighted by Gasteiger charge is 2.36. The minimum absolute atomic E-state index is 0.398. The molecule has 0 saturated heterocycles. The summed E-state index contributed by atoms with van der Waals surface area (Å²) in [5.74, 6) is -0.973. The molecule has 18 heavy (non-hydrogen) atoms. The van der Waals surface area contributed by atoms with Crippen molar-refractivity contribution >= 4 is 11.9 Å². The highest BCUT2D eigenvalue weighted by Crippen LogP contribution is 2.29. The number of esters is 2. The molecule has 0 aliphatic heterocycles. The van der Waals surface area contributed by atoms with Gasteiger partial charge < -0.3 is 9.47 Å². The van der Waals surface area contributed by atoms with E-state index >= 15 is 0 Å². The molecule has 4 nitrogen and oxygen atoms in total. The molecule has 102 valence electrons. The van der Waals surface area contributed by atoms with Crippen molar-refractivity contribution in [3.8, 4) is 0 Å². The minimum Gasteiger partial charge on any atom is -0.456 e. The fourth-order valence-electron chi connectivity index (χ4n) is 1.77. The van der Waals surface area contributed by atoms with Gasteiger partial charge in [-0.25, -0.2) is 9.59 Å². The van der Waals surface area contributed by atoms with Crippen molar-refractivity contribution in [3.05, 3.63) is 25.3 Å². The number of hydrogen-bond acceptors (Lipinski definition) is 4. The maximum Gasteiger partial charge on any atom is 0.330 e. The van der Waals surface area contributed by atoms with Crippen LogP contribution in [-0.2, 0) is 19.1 Å². The molecule has 1 unspecified atom stereocenters.